The van der Waals surface area contributed by atoms with Gasteiger partial charge in [0.2, 0.25) is 0 Å². The van der Waals surface area contributed by atoms with Crippen LogP contribution in [0.1, 0.15) is 26.2 Å². The number of fused-ring (bicyclic) bond motifs is 1. The van der Waals surface area contributed by atoms with Gasteiger partial charge < -0.3 is 14.1 Å². The maximum absolute atomic E-state index is 12.8. The molecule has 0 radical (unpaired) electrons. The predicted molar refractivity (Wildman–Crippen MR) is 114 cm³/mol. The van der Waals surface area contributed by atoms with Crippen LogP contribution in [0.2, 0.25) is 0 Å². The van der Waals surface area contributed by atoms with Crippen LogP contribution in [-0.2, 0) is 20.9 Å². The first kappa shape index (κ1) is 21.8. The first-order valence-corrected chi connectivity index (χ1v) is 10.0. The van der Waals surface area contributed by atoms with Gasteiger partial charge in [-0.1, -0.05) is 30.3 Å². The van der Waals surface area contributed by atoms with Gasteiger partial charge in [0.25, 0.3) is 5.91 Å². The molecule has 160 valence electrons. The number of amides is 1. The first-order chi connectivity index (χ1) is 15.0. The quantitative estimate of drug-likeness (QED) is 0.491. The van der Waals surface area contributed by atoms with Crippen molar-refractivity contribution >= 4 is 28.7 Å². The first-order valence-electron chi connectivity index (χ1n) is 10.0. The zero-order valence-corrected chi connectivity index (χ0v) is 17.2. The maximum atomic E-state index is 12.8. The molecule has 2 aromatic carbocycles. The number of oxazole rings is 1. The Labute approximate surface area is 179 Å². The number of esters is 1. The lowest BCUT2D eigenvalue weighted by atomic mass is 10.2. The Balaban J connectivity index is 1.56. The fraction of sp³-hybridized carbons (Fsp3) is 0.304. The van der Waals surface area contributed by atoms with Crippen molar-refractivity contribution in [3.63, 3.8) is 0 Å². The highest BCUT2D eigenvalue weighted by Gasteiger charge is 2.24. The molecule has 0 N–H and O–H groups in total. The smallest absolute Gasteiger partial charge is 0.419 e. The topological polar surface area (TPSA) is 106 Å². The van der Waals surface area contributed by atoms with Gasteiger partial charge in [-0.05, 0) is 37.6 Å². The van der Waals surface area contributed by atoms with Crippen LogP contribution < -0.4 is 10.7 Å². The highest BCUT2D eigenvalue weighted by Crippen LogP contribution is 2.17. The van der Waals surface area contributed by atoms with Crippen LogP contribution in [0.5, 0.6) is 0 Å². The van der Waals surface area contributed by atoms with E-state index in [1.54, 1.807) is 48.5 Å². The maximum Gasteiger partial charge on any atom is 0.419 e. The van der Waals surface area contributed by atoms with E-state index in [9.17, 15) is 14.4 Å². The molecule has 0 spiro atoms. The summed E-state index contributed by atoms with van der Waals surface area (Å²) in [6.45, 7) is 2.01. The summed E-state index contributed by atoms with van der Waals surface area (Å²) >= 11 is 0. The Morgan fingerprint density at radius 1 is 1.16 bits per heavy atom. The van der Waals surface area contributed by atoms with Crippen LogP contribution in [0.4, 0.5) is 5.69 Å². The molecule has 1 heterocycles. The largest absolute Gasteiger partial charge is 0.453 e. The van der Waals surface area contributed by atoms with Crippen LogP contribution in [0.3, 0.4) is 0 Å². The van der Waals surface area contributed by atoms with Gasteiger partial charge in [-0.2, -0.15) is 5.26 Å². The number of para-hydroxylation sites is 3. The predicted octanol–water partition coefficient (Wildman–Crippen LogP) is 3.25. The second-order valence-electron chi connectivity index (χ2n) is 6.96. The molecule has 8 heteroatoms. The number of ether oxygens (including phenoxy) is 1. The van der Waals surface area contributed by atoms with E-state index in [2.05, 4.69) is 0 Å². The SMILES string of the molecule is CC(OC(=O)CCCn1c(=O)oc2ccccc21)C(=O)N(CCC#N)c1ccccc1. The zero-order valence-electron chi connectivity index (χ0n) is 17.2. The second-order valence-corrected chi connectivity index (χ2v) is 6.96. The summed E-state index contributed by atoms with van der Waals surface area (Å²) in [6, 6.07) is 18.0. The van der Waals surface area contributed by atoms with Crippen molar-refractivity contribution in [2.45, 2.75) is 38.8 Å². The van der Waals surface area contributed by atoms with Crippen LogP contribution in [-0.4, -0.2) is 29.1 Å². The number of hydrogen-bond acceptors (Lipinski definition) is 6. The van der Waals surface area contributed by atoms with E-state index < -0.39 is 23.7 Å². The van der Waals surface area contributed by atoms with Gasteiger partial charge in [0.1, 0.15) is 0 Å². The van der Waals surface area contributed by atoms with Crippen molar-refractivity contribution in [1.82, 2.24) is 4.57 Å². The third kappa shape index (κ3) is 5.39. The normalized spacial score (nSPS) is 11.6. The van der Waals surface area contributed by atoms with Gasteiger partial charge in [0.15, 0.2) is 11.7 Å². The molecule has 0 fully saturated rings. The number of anilines is 1. The van der Waals surface area contributed by atoms with E-state index >= 15 is 0 Å². The van der Waals surface area contributed by atoms with Crippen molar-refractivity contribution < 1.29 is 18.7 Å². The lowest BCUT2D eigenvalue weighted by Crippen LogP contribution is -2.40. The van der Waals surface area contributed by atoms with Crippen LogP contribution >= 0.6 is 0 Å². The number of carbonyl (C=O) groups excluding carboxylic acids is 2. The number of rotatable bonds is 9. The molecular formula is C23H23N3O5. The van der Waals surface area contributed by atoms with Gasteiger partial charge in [-0.25, -0.2) is 4.79 Å². The third-order valence-electron chi connectivity index (χ3n) is 4.77. The summed E-state index contributed by atoms with van der Waals surface area (Å²) in [6.07, 6.45) is -0.425. The van der Waals surface area contributed by atoms with Gasteiger partial charge in [-0.15, -0.1) is 0 Å². The van der Waals surface area contributed by atoms with Crippen molar-refractivity contribution in [3.05, 3.63) is 65.1 Å². The molecule has 3 rings (SSSR count). The monoisotopic (exact) mass is 421 g/mol. The lowest BCUT2D eigenvalue weighted by Gasteiger charge is -2.25. The average Bonchev–Trinajstić information content (AvgIpc) is 3.09. The molecule has 0 aliphatic carbocycles. The summed E-state index contributed by atoms with van der Waals surface area (Å²) < 4.78 is 11.9. The van der Waals surface area contributed by atoms with Crippen molar-refractivity contribution in [1.29, 1.82) is 5.26 Å². The summed E-state index contributed by atoms with van der Waals surface area (Å²) in [5.74, 6) is -1.41. The Morgan fingerprint density at radius 3 is 2.61 bits per heavy atom. The van der Waals surface area contributed by atoms with Crippen LogP contribution in [0.25, 0.3) is 11.1 Å². The van der Waals surface area contributed by atoms with Crippen molar-refractivity contribution in [2.24, 2.45) is 0 Å². The van der Waals surface area contributed by atoms with E-state index in [4.69, 9.17) is 14.4 Å². The van der Waals surface area contributed by atoms with Gasteiger partial charge >= 0.3 is 11.7 Å². The lowest BCUT2D eigenvalue weighted by molar-refractivity contribution is -0.154. The number of aromatic nitrogens is 1. The molecule has 0 saturated carbocycles. The molecule has 0 bridgehead atoms. The highest BCUT2D eigenvalue weighted by molar-refractivity contribution is 5.97. The molecule has 0 saturated heterocycles. The summed E-state index contributed by atoms with van der Waals surface area (Å²) in [5.41, 5.74) is 1.80. The Bertz CT molecular complexity index is 1140. The number of benzene rings is 2. The zero-order chi connectivity index (χ0) is 22.2. The van der Waals surface area contributed by atoms with Gasteiger partial charge in [0.05, 0.1) is 18.0 Å². The van der Waals surface area contributed by atoms with E-state index in [0.717, 1.165) is 0 Å². The summed E-state index contributed by atoms with van der Waals surface area (Å²) in [4.78, 5) is 38.5. The number of hydrogen-bond donors (Lipinski definition) is 0. The molecule has 0 aliphatic heterocycles. The fourth-order valence-corrected chi connectivity index (χ4v) is 3.27. The second kappa shape index (κ2) is 10.3. The average molecular weight is 421 g/mol. The summed E-state index contributed by atoms with van der Waals surface area (Å²) in [5, 5.41) is 8.88. The minimum Gasteiger partial charge on any atom is -0.453 e. The molecule has 8 nitrogen and oxygen atoms in total. The van der Waals surface area contributed by atoms with E-state index in [1.165, 1.54) is 16.4 Å². The minimum absolute atomic E-state index is 0.0487. The number of nitriles is 1. The molecule has 1 amide bonds. The van der Waals surface area contributed by atoms with Gasteiger partial charge in [0, 0.05) is 25.2 Å². The number of carbonyl (C=O) groups is 2. The molecule has 1 aromatic heterocycles. The number of nitrogens with zero attached hydrogens (tertiary/aromatic N) is 3. The molecule has 31 heavy (non-hydrogen) atoms. The fourth-order valence-electron chi connectivity index (χ4n) is 3.27. The van der Waals surface area contributed by atoms with E-state index in [1.807, 2.05) is 12.1 Å². The molecule has 3 aromatic rings. The Morgan fingerprint density at radius 2 is 1.87 bits per heavy atom. The summed E-state index contributed by atoms with van der Waals surface area (Å²) in [7, 11) is 0. The standard InChI is InChI=1S/C23H23N3O5/c1-17(22(28)25(16-8-14-24)18-9-3-2-4-10-18)30-21(27)13-7-15-26-19-11-5-6-12-20(19)31-23(26)29/h2-6,9-12,17H,7-8,13,15-16H2,1H3. The number of aryl methyl sites for hydroxylation is 1. The molecule has 0 aliphatic rings. The van der Waals surface area contributed by atoms with Crippen LogP contribution in [0.15, 0.2) is 63.8 Å². The minimum atomic E-state index is -0.996. The Hall–Kier alpha value is -3.86. The third-order valence-corrected chi connectivity index (χ3v) is 4.77. The Kier molecular flexibility index (Phi) is 7.22. The molecule has 1 atom stereocenters. The molecular weight excluding hydrogens is 398 g/mol. The van der Waals surface area contributed by atoms with E-state index in [-0.39, 0.29) is 19.4 Å². The van der Waals surface area contributed by atoms with Crippen molar-refractivity contribution in [2.75, 3.05) is 11.4 Å². The highest BCUT2D eigenvalue weighted by atomic mass is 16.5. The van der Waals surface area contributed by atoms with E-state index in [0.29, 0.717) is 29.8 Å². The van der Waals surface area contributed by atoms with Crippen molar-refractivity contribution in [3.8, 4) is 6.07 Å². The van der Waals surface area contributed by atoms with Gasteiger partial charge in [-0.3, -0.25) is 14.2 Å². The van der Waals surface area contributed by atoms with Crippen LogP contribution in [0, 0.1) is 11.3 Å². The molecule has 1 unspecified atom stereocenters.